The molecule has 0 saturated heterocycles. The van der Waals surface area contributed by atoms with Crippen LogP contribution in [0.3, 0.4) is 0 Å². The molecule has 0 spiro atoms. The molecule has 0 radical (unpaired) electrons. The summed E-state index contributed by atoms with van der Waals surface area (Å²) in [7, 11) is 0. The fraction of sp³-hybridized carbons (Fsp3) is 0.0667. The molecule has 2 aromatic carbocycles. The zero-order valence-electron chi connectivity index (χ0n) is 10.3. The van der Waals surface area contributed by atoms with Gasteiger partial charge in [-0.2, -0.15) is 5.26 Å². The van der Waals surface area contributed by atoms with E-state index in [-0.39, 0.29) is 0 Å². The van der Waals surface area contributed by atoms with Crippen LogP contribution in [0.15, 0.2) is 42.5 Å². The lowest BCUT2D eigenvalue weighted by Gasteiger charge is -2.06. The molecule has 0 aliphatic rings. The van der Waals surface area contributed by atoms with E-state index in [1.165, 1.54) is 0 Å². The van der Waals surface area contributed by atoms with Gasteiger partial charge < -0.3 is 4.57 Å². The van der Waals surface area contributed by atoms with Crippen molar-refractivity contribution in [2.24, 2.45) is 0 Å². The fourth-order valence-electron chi connectivity index (χ4n) is 2.08. The summed E-state index contributed by atoms with van der Waals surface area (Å²) in [6, 6.07) is 15.0. The number of fused-ring (bicyclic) bond motifs is 1. The van der Waals surface area contributed by atoms with E-state index in [4.69, 9.17) is 28.5 Å². The van der Waals surface area contributed by atoms with Gasteiger partial charge in [-0.1, -0.05) is 23.7 Å². The summed E-state index contributed by atoms with van der Waals surface area (Å²) in [4.78, 5) is 4.30. The molecule has 0 aliphatic carbocycles. The van der Waals surface area contributed by atoms with Crippen LogP contribution in [-0.4, -0.2) is 9.55 Å². The second-order valence-electron chi connectivity index (χ2n) is 4.41. The van der Waals surface area contributed by atoms with Gasteiger partial charge in [-0.15, -0.1) is 0 Å². The highest BCUT2D eigenvalue weighted by atomic mass is 35.5. The Morgan fingerprint density at radius 2 is 1.85 bits per heavy atom. The summed E-state index contributed by atoms with van der Waals surface area (Å²) in [5.74, 6) is 0. The van der Waals surface area contributed by atoms with Crippen molar-refractivity contribution in [1.82, 2.24) is 9.55 Å². The maximum Gasteiger partial charge on any atom is 0.204 e. The first-order valence-corrected chi connectivity index (χ1v) is 6.73. The van der Waals surface area contributed by atoms with Crippen LogP contribution in [0.1, 0.15) is 11.1 Å². The Hall–Kier alpha value is -2.02. The number of halogens is 2. The largest absolute Gasteiger partial charge is 0.310 e. The summed E-state index contributed by atoms with van der Waals surface area (Å²) < 4.78 is 1.89. The second-order valence-corrected chi connectivity index (χ2v) is 5.18. The van der Waals surface area contributed by atoms with Gasteiger partial charge in [0.05, 0.1) is 29.2 Å². The standard InChI is InChI=1S/C15H9Cl2N3/c16-12-5-6-13-14(7-12)20(15(17)19-13)9-11-3-1-10(8-18)2-4-11/h1-7H,9H2. The third-order valence-electron chi connectivity index (χ3n) is 3.09. The van der Waals surface area contributed by atoms with Crippen molar-refractivity contribution in [3.63, 3.8) is 0 Å². The molecule has 20 heavy (non-hydrogen) atoms. The predicted octanol–water partition coefficient (Wildman–Crippen LogP) is 4.26. The highest BCUT2D eigenvalue weighted by molar-refractivity contribution is 6.31. The van der Waals surface area contributed by atoms with Crippen molar-refractivity contribution in [3.8, 4) is 6.07 Å². The first-order valence-electron chi connectivity index (χ1n) is 5.98. The lowest BCUT2D eigenvalue weighted by Crippen LogP contribution is -1.99. The quantitative estimate of drug-likeness (QED) is 0.709. The summed E-state index contributed by atoms with van der Waals surface area (Å²) in [6.45, 7) is 0.585. The van der Waals surface area contributed by atoms with Crippen molar-refractivity contribution < 1.29 is 0 Å². The Labute approximate surface area is 126 Å². The Morgan fingerprint density at radius 3 is 2.55 bits per heavy atom. The summed E-state index contributed by atoms with van der Waals surface area (Å²) in [6.07, 6.45) is 0. The van der Waals surface area contributed by atoms with Gasteiger partial charge in [0.15, 0.2) is 0 Å². The van der Waals surface area contributed by atoms with Crippen LogP contribution in [0.4, 0.5) is 0 Å². The maximum absolute atomic E-state index is 8.80. The molecule has 1 heterocycles. The molecule has 1 aromatic heterocycles. The van der Waals surface area contributed by atoms with Crippen LogP contribution >= 0.6 is 23.2 Å². The Kier molecular flexibility index (Phi) is 3.35. The van der Waals surface area contributed by atoms with Gasteiger partial charge in [0.25, 0.3) is 0 Å². The highest BCUT2D eigenvalue weighted by Gasteiger charge is 2.09. The molecule has 0 atom stereocenters. The minimum Gasteiger partial charge on any atom is -0.310 e. The van der Waals surface area contributed by atoms with Crippen LogP contribution in [0.25, 0.3) is 11.0 Å². The third-order valence-corrected chi connectivity index (χ3v) is 3.61. The molecule has 3 rings (SSSR count). The lowest BCUT2D eigenvalue weighted by molar-refractivity contribution is 0.825. The molecular formula is C15H9Cl2N3. The minimum atomic E-state index is 0.423. The van der Waals surface area contributed by atoms with Crippen molar-refractivity contribution in [2.75, 3.05) is 0 Å². The zero-order valence-corrected chi connectivity index (χ0v) is 11.9. The molecule has 0 N–H and O–H groups in total. The molecular weight excluding hydrogens is 293 g/mol. The molecule has 0 fully saturated rings. The molecule has 0 aliphatic heterocycles. The van der Waals surface area contributed by atoms with E-state index >= 15 is 0 Å². The summed E-state index contributed by atoms with van der Waals surface area (Å²) >= 11 is 12.2. The first-order chi connectivity index (χ1) is 9.67. The van der Waals surface area contributed by atoms with E-state index in [0.29, 0.717) is 22.4 Å². The molecule has 98 valence electrons. The van der Waals surface area contributed by atoms with E-state index < -0.39 is 0 Å². The van der Waals surface area contributed by atoms with E-state index in [1.54, 1.807) is 18.2 Å². The summed E-state index contributed by atoms with van der Waals surface area (Å²) in [5.41, 5.74) is 3.39. The van der Waals surface area contributed by atoms with Crippen LogP contribution in [0.2, 0.25) is 10.3 Å². The fourth-order valence-corrected chi connectivity index (χ4v) is 2.49. The van der Waals surface area contributed by atoms with E-state index in [9.17, 15) is 0 Å². The van der Waals surface area contributed by atoms with Crippen LogP contribution in [0, 0.1) is 11.3 Å². The van der Waals surface area contributed by atoms with Crippen molar-refractivity contribution in [1.29, 1.82) is 5.26 Å². The van der Waals surface area contributed by atoms with Crippen molar-refractivity contribution in [2.45, 2.75) is 6.54 Å². The van der Waals surface area contributed by atoms with Crippen LogP contribution < -0.4 is 0 Å². The van der Waals surface area contributed by atoms with Gasteiger partial charge in [-0.05, 0) is 47.5 Å². The number of hydrogen-bond acceptors (Lipinski definition) is 2. The molecule has 3 nitrogen and oxygen atoms in total. The minimum absolute atomic E-state index is 0.423. The summed E-state index contributed by atoms with van der Waals surface area (Å²) in [5, 5.41) is 9.87. The first kappa shape index (κ1) is 13.0. The molecule has 0 saturated carbocycles. The molecule has 0 unspecified atom stereocenters. The van der Waals surface area contributed by atoms with Crippen molar-refractivity contribution >= 4 is 34.2 Å². The number of nitrogens with zero attached hydrogens (tertiary/aromatic N) is 3. The lowest BCUT2D eigenvalue weighted by atomic mass is 10.1. The average molecular weight is 302 g/mol. The van der Waals surface area contributed by atoms with Gasteiger partial charge in [0.1, 0.15) is 0 Å². The van der Waals surface area contributed by atoms with E-state index in [0.717, 1.165) is 16.6 Å². The van der Waals surface area contributed by atoms with Gasteiger partial charge >= 0.3 is 0 Å². The molecule has 3 aromatic rings. The highest BCUT2D eigenvalue weighted by Crippen LogP contribution is 2.24. The Balaban J connectivity index is 2.03. The molecule has 0 bridgehead atoms. The maximum atomic E-state index is 8.80. The van der Waals surface area contributed by atoms with Crippen LogP contribution in [-0.2, 0) is 6.54 Å². The van der Waals surface area contributed by atoms with Gasteiger partial charge in [0.2, 0.25) is 5.28 Å². The number of benzene rings is 2. The van der Waals surface area contributed by atoms with Gasteiger partial charge in [0, 0.05) is 5.02 Å². The molecule has 5 heteroatoms. The Bertz CT molecular complexity index is 813. The SMILES string of the molecule is N#Cc1ccc(Cn2c(Cl)nc3ccc(Cl)cc32)cc1. The predicted molar refractivity (Wildman–Crippen MR) is 80.0 cm³/mol. The third kappa shape index (κ3) is 2.36. The number of imidazole rings is 1. The second kappa shape index (κ2) is 5.16. The smallest absolute Gasteiger partial charge is 0.204 e. The average Bonchev–Trinajstić information content (AvgIpc) is 2.76. The van der Waals surface area contributed by atoms with E-state index in [2.05, 4.69) is 11.1 Å². The Morgan fingerprint density at radius 1 is 1.10 bits per heavy atom. The topological polar surface area (TPSA) is 41.6 Å². The number of aromatic nitrogens is 2. The number of hydrogen-bond donors (Lipinski definition) is 0. The number of nitriles is 1. The van der Waals surface area contributed by atoms with Gasteiger partial charge in [-0.3, -0.25) is 0 Å². The van der Waals surface area contributed by atoms with Crippen LogP contribution in [0.5, 0.6) is 0 Å². The number of rotatable bonds is 2. The monoisotopic (exact) mass is 301 g/mol. The van der Waals surface area contributed by atoms with Crippen molar-refractivity contribution in [3.05, 3.63) is 63.9 Å². The molecule has 0 amide bonds. The zero-order chi connectivity index (χ0) is 14.1. The van der Waals surface area contributed by atoms with E-state index in [1.807, 2.05) is 28.8 Å². The normalized spacial score (nSPS) is 10.7. The van der Waals surface area contributed by atoms with Gasteiger partial charge in [-0.25, -0.2) is 4.98 Å².